The molecule has 0 spiro atoms. The van der Waals surface area contributed by atoms with Crippen LogP contribution in [0.2, 0.25) is 0 Å². The zero-order valence-corrected chi connectivity index (χ0v) is 19.4. The Morgan fingerprint density at radius 2 is 1.87 bits per heavy atom. The van der Waals surface area contributed by atoms with Crippen molar-refractivity contribution in [2.75, 3.05) is 34.4 Å². The number of benzene rings is 2. The maximum atomic E-state index is 13.7. The van der Waals surface area contributed by atoms with Gasteiger partial charge in [-0.25, -0.2) is 4.39 Å². The number of halogens is 1. The molecular weight excluding hydrogens is 393 g/mol. The number of likely N-dealkylation sites (N-methyl/N-ethyl adjacent to an activating group) is 1. The Morgan fingerprint density at radius 3 is 2.55 bits per heavy atom. The van der Waals surface area contributed by atoms with E-state index in [4.69, 9.17) is 9.47 Å². The van der Waals surface area contributed by atoms with Crippen LogP contribution in [0, 0.1) is 23.6 Å². The second kappa shape index (κ2) is 10.5. The molecule has 31 heavy (non-hydrogen) atoms. The predicted octanol–water partition coefficient (Wildman–Crippen LogP) is 4.89. The third-order valence-corrected chi connectivity index (χ3v) is 6.79. The third-order valence-electron chi connectivity index (χ3n) is 6.79. The summed E-state index contributed by atoms with van der Waals surface area (Å²) < 4.78 is 24.6. The maximum Gasteiger partial charge on any atom is 0.123 e. The first kappa shape index (κ1) is 23.6. The molecule has 0 heterocycles. The molecule has 0 aliphatic heterocycles. The van der Waals surface area contributed by atoms with Crippen molar-refractivity contribution in [3.63, 3.8) is 0 Å². The van der Waals surface area contributed by atoms with E-state index < -0.39 is 6.10 Å². The highest BCUT2D eigenvalue weighted by Crippen LogP contribution is 2.43. The lowest BCUT2D eigenvalue weighted by Crippen LogP contribution is -2.35. The van der Waals surface area contributed by atoms with Gasteiger partial charge in [0.2, 0.25) is 0 Å². The van der Waals surface area contributed by atoms with E-state index in [-0.39, 0.29) is 11.7 Å². The molecule has 5 heteroatoms. The van der Waals surface area contributed by atoms with Crippen LogP contribution in [0.3, 0.4) is 0 Å². The number of aliphatic hydroxyl groups is 1. The summed E-state index contributed by atoms with van der Waals surface area (Å²) in [5.74, 6) is 2.43. The Labute approximate surface area is 186 Å². The molecule has 1 aliphatic carbocycles. The van der Waals surface area contributed by atoms with Gasteiger partial charge in [-0.05, 0) is 97.6 Å². The Hall–Kier alpha value is -2.11. The summed E-state index contributed by atoms with van der Waals surface area (Å²) in [7, 11) is 5.48. The van der Waals surface area contributed by atoms with E-state index in [0.29, 0.717) is 11.8 Å². The average Bonchev–Trinajstić information content (AvgIpc) is 2.76. The van der Waals surface area contributed by atoms with Gasteiger partial charge in [-0.3, -0.25) is 0 Å². The van der Waals surface area contributed by atoms with Crippen molar-refractivity contribution in [3.8, 4) is 11.5 Å². The minimum absolute atomic E-state index is 0.173. The topological polar surface area (TPSA) is 41.9 Å². The van der Waals surface area contributed by atoms with Gasteiger partial charge in [0.1, 0.15) is 17.3 Å². The lowest BCUT2D eigenvalue weighted by Gasteiger charge is -2.40. The fourth-order valence-corrected chi connectivity index (χ4v) is 4.88. The Balaban J connectivity index is 1.63. The van der Waals surface area contributed by atoms with Gasteiger partial charge in [-0.2, -0.15) is 0 Å². The van der Waals surface area contributed by atoms with Crippen LogP contribution in [0.25, 0.3) is 0 Å². The molecule has 0 radical (unpaired) electrons. The number of methoxy groups -OCH3 is 2. The summed E-state index contributed by atoms with van der Waals surface area (Å²) in [6, 6.07) is 10.7. The minimum Gasteiger partial charge on any atom is -0.497 e. The second-order valence-electron chi connectivity index (χ2n) is 9.08. The van der Waals surface area contributed by atoms with Gasteiger partial charge >= 0.3 is 0 Å². The zero-order chi connectivity index (χ0) is 22.5. The minimum atomic E-state index is -0.538. The summed E-state index contributed by atoms with van der Waals surface area (Å²) in [6.45, 7) is 6.19. The highest BCUT2D eigenvalue weighted by molar-refractivity contribution is 5.40. The number of aliphatic hydroxyl groups excluding tert-OH is 1. The quantitative estimate of drug-likeness (QED) is 0.617. The van der Waals surface area contributed by atoms with Gasteiger partial charge in [0.15, 0.2) is 0 Å². The standard InChI is InChI=1S/C26H36FNO3/c1-17(2)24-16-19-14-20(27)6-8-22(19)26(29)23(24)11-13-28(3)12-10-18-15-21(30-4)7-9-25(18)31-5/h6-9,14-15,17,23-24,26,29H,10-13,16H2,1-5H3/t23-,24?,26+/m1/s1. The normalized spacial score (nSPS) is 20.7. The van der Waals surface area contributed by atoms with Crippen LogP contribution in [0.15, 0.2) is 36.4 Å². The number of rotatable bonds is 9. The lowest BCUT2D eigenvalue weighted by molar-refractivity contribution is 0.0320. The molecule has 2 aromatic rings. The lowest BCUT2D eigenvalue weighted by atomic mass is 9.68. The SMILES string of the molecule is COc1ccc(OC)c(CCN(C)CC[C@@H]2C(C(C)C)Cc3cc(F)ccc3[C@@H]2O)c1. The Kier molecular flexibility index (Phi) is 7.95. The molecule has 0 saturated carbocycles. The first-order chi connectivity index (χ1) is 14.8. The fraction of sp³-hybridized carbons (Fsp3) is 0.538. The highest BCUT2D eigenvalue weighted by Gasteiger charge is 2.37. The van der Waals surface area contributed by atoms with E-state index in [2.05, 4.69) is 25.8 Å². The number of fused-ring (bicyclic) bond motifs is 1. The first-order valence-corrected chi connectivity index (χ1v) is 11.2. The van der Waals surface area contributed by atoms with E-state index in [1.165, 1.54) is 6.07 Å². The van der Waals surface area contributed by atoms with Crippen molar-refractivity contribution in [2.45, 2.75) is 39.2 Å². The average molecular weight is 430 g/mol. The molecule has 0 bridgehead atoms. The van der Waals surface area contributed by atoms with E-state index >= 15 is 0 Å². The molecule has 2 aromatic carbocycles. The number of hydrogen-bond donors (Lipinski definition) is 1. The van der Waals surface area contributed by atoms with Gasteiger partial charge in [-0.1, -0.05) is 19.9 Å². The third kappa shape index (κ3) is 5.58. The number of nitrogens with zero attached hydrogens (tertiary/aromatic N) is 1. The van der Waals surface area contributed by atoms with Crippen molar-refractivity contribution < 1.29 is 19.0 Å². The molecular formula is C26H36FNO3. The van der Waals surface area contributed by atoms with Crippen molar-refractivity contribution in [2.24, 2.45) is 17.8 Å². The molecule has 4 nitrogen and oxygen atoms in total. The van der Waals surface area contributed by atoms with Crippen LogP contribution < -0.4 is 9.47 Å². The van der Waals surface area contributed by atoms with Crippen molar-refractivity contribution >= 4 is 0 Å². The molecule has 1 aliphatic rings. The maximum absolute atomic E-state index is 13.7. The number of hydrogen-bond acceptors (Lipinski definition) is 4. The highest BCUT2D eigenvalue weighted by atomic mass is 19.1. The van der Waals surface area contributed by atoms with Crippen LogP contribution in [-0.2, 0) is 12.8 Å². The van der Waals surface area contributed by atoms with Crippen LogP contribution in [0.5, 0.6) is 11.5 Å². The van der Waals surface area contributed by atoms with Crippen LogP contribution in [0.1, 0.15) is 43.1 Å². The summed E-state index contributed by atoms with van der Waals surface area (Å²) in [6.07, 6.45) is 2.06. The van der Waals surface area contributed by atoms with E-state index in [1.807, 2.05) is 18.2 Å². The molecule has 0 aromatic heterocycles. The predicted molar refractivity (Wildman–Crippen MR) is 122 cm³/mol. The van der Waals surface area contributed by atoms with Crippen molar-refractivity contribution in [3.05, 3.63) is 58.9 Å². The van der Waals surface area contributed by atoms with Crippen molar-refractivity contribution in [1.29, 1.82) is 0 Å². The molecule has 0 fully saturated rings. The van der Waals surface area contributed by atoms with Gasteiger partial charge in [0.05, 0.1) is 20.3 Å². The molecule has 3 atom stereocenters. The fourth-order valence-electron chi connectivity index (χ4n) is 4.88. The summed E-state index contributed by atoms with van der Waals surface area (Å²) in [5.41, 5.74) is 2.98. The van der Waals surface area contributed by atoms with E-state index in [1.54, 1.807) is 26.4 Å². The monoisotopic (exact) mass is 429 g/mol. The molecule has 1 N–H and O–H groups in total. The smallest absolute Gasteiger partial charge is 0.123 e. The molecule has 1 unspecified atom stereocenters. The van der Waals surface area contributed by atoms with E-state index in [9.17, 15) is 9.50 Å². The van der Waals surface area contributed by atoms with Gasteiger partial charge < -0.3 is 19.5 Å². The van der Waals surface area contributed by atoms with Gasteiger partial charge in [-0.15, -0.1) is 0 Å². The Bertz CT molecular complexity index is 870. The molecule has 0 saturated heterocycles. The molecule has 3 rings (SSSR count). The van der Waals surface area contributed by atoms with Crippen LogP contribution >= 0.6 is 0 Å². The van der Waals surface area contributed by atoms with Gasteiger partial charge in [0.25, 0.3) is 0 Å². The molecule has 0 amide bonds. The second-order valence-corrected chi connectivity index (χ2v) is 9.08. The van der Waals surface area contributed by atoms with E-state index in [0.717, 1.165) is 60.5 Å². The summed E-state index contributed by atoms with van der Waals surface area (Å²) in [5, 5.41) is 11.1. The Morgan fingerprint density at radius 1 is 1.10 bits per heavy atom. The summed E-state index contributed by atoms with van der Waals surface area (Å²) >= 11 is 0. The van der Waals surface area contributed by atoms with Crippen LogP contribution in [0.4, 0.5) is 4.39 Å². The van der Waals surface area contributed by atoms with Gasteiger partial charge in [0, 0.05) is 6.54 Å². The van der Waals surface area contributed by atoms with Crippen LogP contribution in [-0.4, -0.2) is 44.4 Å². The number of ether oxygens (including phenoxy) is 2. The molecule has 170 valence electrons. The zero-order valence-electron chi connectivity index (χ0n) is 19.4. The van der Waals surface area contributed by atoms with Crippen molar-refractivity contribution in [1.82, 2.24) is 4.90 Å². The largest absolute Gasteiger partial charge is 0.497 e. The first-order valence-electron chi connectivity index (χ1n) is 11.2. The summed E-state index contributed by atoms with van der Waals surface area (Å²) in [4.78, 5) is 2.31.